The van der Waals surface area contributed by atoms with Gasteiger partial charge in [-0.3, -0.25) is 0 Å². The predicted octanol–water partition coefficient (Wildman–Crippen LogP) is 4.02. The summed E-state index contributed by atoms with van der Waals surface area (Å²) in [5.41, 5.74) is 0.683. The van der Waals surface area contributed by atoms with Crippen molar-refractivity contribution in [1.29, 1.82) is 0 Å². The number of carboxylic acids is 1. The van der Waals surface area contributed by atoms with Crippen molar-refractivity contribution in [2.45, 2.75) is 10.6 Å². The molecule has 0 aliphatic rings. The van der Waals surface area contributed by atoms with E-state index in [0.29, 0.717) is 16.2 Å². The van der Waals surface area contributed by atoms with Crippen LogP contribution in [-0.2, 0) is 5.75 Å². The molecule has 0 saturated carbocycles. The first-order valence-corrected chi connectivity index (χ1v) is 6.82. The number of carbonyl (C=O) groups is 1. The molecule has 0 saturated heterocycles. The van der Waals surface area contributed by atoms with Gasteiger partial charge in [-0.05, 0) is 35.2 Å². The largest absolute Gasteiger partial charge is 0.477 e. The average Bonchev–Trinajstić information content (AvgIpc) is 2.79. The maximum Gasteiger partial charge on any atom is 0.346 e. The molecule has 2 nitrogen and oxygen atoms in total. The molecule has 0 fully saturated rings. The zero-order valence-corrected chi connectivity index (χ0v) is 10.7. The molecule has 94 valence electrons. The van der Waals surface area contributed by atoms with E-state index in [-0.39, 0.29) is 4.88 Å². The second-order valence-electron chi connectivity index (χ2n) is 3.44. The molecular formula is C12H8F2O2S2. The first-order valence-electron chi connectivity index (χ1n) is 4.95. The summed E-state index contributed by atoms with van der Waals surface area (Å²) in [4.78, 5) is 11.7. The molecule has 2 rings (SSSR count). The van der Waals surface area contributed by atoms with Gasteiger partial charge in [0, 0.05) is 10.6 Å². The van der Waals surface area contributed by atoms with Crippen LogP contribution in [0.3, 0.4) is 0 Å². The van der Waals surface area contributed by atoms with Crippen LogP contribution in [0.2, 0.25) is 0 Å². The lowest BCUT2D eigenvalue weighted by Gasteiger charge is -2.02. The Kier molecular flexibility index (Phi) is 3.98. The minimum Gasteiger partial charge on any atom is -0.477 e. The highest BCUT2D eigenvalue weighted by Crippen LogP contribution is 2.27. The van der Waals surface area contributed by atoms with Crippen LogP contribution in [0.25, 0.3) is 0 Å². The maximum absolute atomic E-state index is 13.0. The molecule has 1 aromatic heterocycles. The summed E-state index contributed by atoms with van der Waals surface area (Å²) in [6.45, 7) is 0. The normalized spacial score (nSPS) is 10.6. The van der Waals surface area contributed by atoms with E-state index in [1.807, 2.05) is 0 Å². The van der Waals surface area contributed by atoms with Crippen molar-refractivity contribution in [2.24, 2.45) is 0 Å². The van der Waals surface area contributed by atoms with Crippen LogP contribution in [-0.4, -0.2) is 11.1 Å². The Morgan fingerprint density at radius 3 is 2.72 bits per heavy atom. The highest BCUT2D eigenvalue weighted by atomic mass is 32.2. The van der Waals surface area contributed by atoms with Gasteiger partial charge in [0.2, 0.25) is 0 Å². The van der Waals surface area contributed by atoms with Crippen LogP contribution in [0, 0.1) is 11.6 Å². The lowest BCUT2D eigenvalue weighted by Crippen LogP contribution is -1.96. The SMILES string of the molecule is O=C(O)c1sccc1CSc1ccc(F)c(F)c1. The third kappa shape index (κ3) is 2.88. The number of aromatic carboxylic acids is 1. The number of hydrogen-bond acceptors (Lipinski definition) is 3. The number of thiophene rings is 1. The Labute approximate surface area is 110 Å². The lowest BCUT2D eigenvalue weighted by molar-refractivity contribution is 0.0701. The van der Waals surface area contributed by atoms with E-state index in [0.717, 1.165) is 23.5 Å². The number of rotatable bonds is 4. The van der Waals surface area contributed by atoms with Crippen LogP contribution >= 0.6 is 23.1 Å². The van der Waals surface area contributed by atoms with E-state index in [1.165, 1.54) is 17.8 Å². The molecule has 0 unspecified atom stereocenters. The topological polar surface area (TPSA) is 37.3 Å². The smallest absolute Gasteiger partial charge is 0.346 e. The summed E-state index contributed by atoms with van der Waals surface area (Å²) in [6, 6.07) is 5.35. The Bertz CT molecular complexity index is 581. The van der Waals surface area contributed by atoms with E-state index in [1.54, 1.807) is 11.4 Å². The van der Waals surface area contributed by atoms with Gasteiger partial charge in [-0.15, -0.1) is 23.1 Å². The summed E-state index contributed by atoms with van der Waals surface area (Å²) in [6.07, 6.45) is 0. The highest BCUT2D eigenvalue weighted by molar-refractivity contribution is 7.98. The molecule has 0 spiro atoms. The Balaban J connectivity index is 2.09. The van der Waals surface area contributed by atoms with Gasteiger partial charge in [-0.1, -0.05) is 0 Å². The monoisotopic (exact) mass is 286 g/mol. The van der Waals surface area contributed by atoms with Crippen LogP contribution < -0.4 is 0 Å². The van der Waals surface area contributed by atoms with Crippen molar-refractivity contribution >= 4 is 29.1 Å². The van der Waals surface area contributed by atoms with Gasteiger partial charge in [0.25, 0.3) is 0 Å². The predicted molar refractivity (Wildman–Crippen MR) is 67.2 cm³/mol. The number of carboxylic acid groups (broad SMARTS) is 1. The number of halogens is 2. The van der Waals surface area contributed by atoms with E-state index in [9.17, 15) is 13.6 Å². The fraction of sp³-hybridized carbons (Fsp3) is 0.0833. The fourth-order valence-electron chi connectivity index (χ4n) is 1.36. The van der Waals surface area contributed by atoms with Crippen molar-refractivity contribution in [3.8, 4) is 0 Å². The minimum absolute atomic E-state index is 0.282. The van der Waals surface area contributed by atoms with Gasteiger partial charge in [-0.2, -0.15) is 0 Å². The van der Waals surface area contributed by atoms with E-state index in [2.05, 4.69) is 0 Å². The number of benzene rings is 1. The number of thioether (sulfide) groups is 1. The molecule has 0 aliphatic heterocycles. The first kappa shape index (κ1) is 13.0. The average molecular weight is 286 g/mol. The van der Waals surface area contributed by atoms with Crippen molar-refractivity contribution in [2.75, 3.05) is 0 Å². The molecule has 1 N–H and O–H groups in total. The van der Waals surface area contributed by atoms with E-state index < -0.39 is 17.6 Å². The summed E-state index contributed by atoms with van der Waals surface area (Å²) in [7, 11) is 0. The highest BCUT2D eigenvalue weighted by Gasteiger charge is 2.12. The third-order valence-corrected chi connectivity index (χ3v) is 4.21. The zero-order valence-electron chi connectivity index (χ0n) is 9.02. The Morgan fingerprint density at radius 2 is 2.06 bits per heavy atom. The fourth-order valence-corrected chi connectivity index (χ4v) is 3.13. The van der Waals surface area contributed by atoms with Gasteiger partial charge in [0.15, 0.2) is 11.6 Å². The quantitative estimate of drug-likeness (QED) is 0.863. The second-order valence-corrected chi connectivity index (χ2v) is 5.41. The summed E-state index contributed by atoms with van der Waals surface area (Å²) >= 11 is 2.42. The summed E-state index contributed by atoms with van der Waals surface area (Å²) in [5, 5.41) is 10.6. The van der Waals surface area contributed by atoms with Crippen molar-refractivity contribution in [3.05, 3.63) is 51.7 Å². The summed E-state index contributed by atoms with van der Waals surface area (Å²) in [5.74, 6) is -2.34. The molecule has 0 aliphatic carbocycles. The molecule has 1 heterocycles. The van der Waals surface area contributed by atoms with Gasteiger partial charge < -0.3 is 5.11 Å². The van der Waals surface area contributed by atoms with Gasteiger partial charge >= 0.3 is 5.97 Å². The molecule has 0 amide bonds. The van der Waals surface area contributed by atoms with Gasteiger partial charge in [0.1, 0.15) is 4.88 Å². The van der Waals surface area contributed by atoms with E-state index in [4.69, 9.17) is 5.11 Å². The molecule has 0 radical (unpaired) electrons. The Morgan fingerprint density at radius 1 is 1.28 bits per heavy atom. The maximum atomic E-state index is 13.0. The molecule has 2 aromatic rings. The minimum atomic E-state index is -0.967. The van der Waals surface area contributed by atoms with Crippen molar-refractivity contribution in [3.63, 3.8) is 0 Å². The lowest BCUT2D eigenvalue weighted by atomic mass is 10.3. The molecule has 6 heteroatoms. The molecule has 18 heavy (non-hydrogen) atoms. The van der Waals surface area contributed by atoms with Crippen LogP contribution in [0.15, 0.2) is 34.5 Å². The third-order valence-electron chi connectivity index (χ3n) is 2.23. The van der Waals surface area contributed by atoms with Gasteiger partial charge in [-0.25, -0.2) is 13.6 Å². The zero-order chi connectivity index (χ0) is 13.1. The van der Waals surface area contributed by atoms with Crippen LogP contribution in [0.1, 0.15) is 15.2 Å². The molecule has 1 aromatic carbocycles. The van der Waals surface area contributed by atoms with Gasteiger partial charge in [0.05, 0.1) is 0 Å². The van der Waals surface area contributed by atoms with Crippen molar-refractivity contribution in [1.82, 2.24) is 0 Å². The van der Waals surface area contributed by atoms with Crippen molar-refractivity contribution < 1.29 is 18.7 Å². The number of hydrogen-bond donors (Lipinski definition) is 1. The molecular weight excluding hydrogens is 278 g/mol. The molecule has 0 bridgehead atoms. The standard InChI is InChI=1S/C12H8F2O2S2/c13-9-2-1-8(5-10(9)14)18-6-7-3-4-17-11(7)12(15)16/h1-5H,6H2,(H,15,16). The van der Waals surface area contributed by atoms with E-state index >= 15 is 0 Å². The van der Waals surface area contributed by atoms with Crippen LogP contribution in [0.4, 0.5) is 8.78 Å². The van der Waals surface area contributed by atoms with Crippen LogP contribution in [0.5, 0.6) is 0 Å². The molecule has 0 atom stereocenters. The first-order chi connectivity index (χ1) is 8.58. The second kappa shape index (κ2) is 5.49. The summed E-state index contributed by atoms with van der Waals surface area (Å²) < 4.78 is 25.7. The Hall–Kier alpha value is -1.40.